The fourth-order valence-corrected chi connectivity index (χ4v) is 2.93. The van der Waals surface area contributed by atoms with Crippen molar-refractivity contribution in [2.45, 2.75) is 66.2 Å². The van der Waals surface area contributed by atoms with Crippen LogP contribution in [0.15, 0.2) is 11.2 Å². The zero-order valence-electron chi connectivity index (χ0n) is 17.5. The summed E-state index contributed by atoms with van der Waals surface area (Å²) in [5.41, 5.74) is -0.484. The maximum Gasteiger partial charge on any atom is 0.410 e. The molecule has 2 N–H and O–H groups in total. The van der Waals surface area contributed by atoms with Gasteiger partial charge in [-0.3, -0.25) is 4.99 Å². The molecule has 0 unspecified atom stereocenters. The number of aromatic nitrogens is 1. The lowest BCUT2D eigenvalue weighted by Gasteiger charge is -2.30. The second-order valence-electron chi connectivity index (χ2n) is 7.34. The Morgan fingerprint density at radius 3 is 2.52 bits per heavy atom. The van der Waals surface area contributed by atoms with Gasteiger partial charge in [0.2, 0.25) is 0 Å². The molecule has 0 bridgehead atoms. The van der Waals surface area contributed by atoms with Crippen molar-refractivity contribution >= 4 is 47.4 Å². The fourth-order valence-electron chi connectivity index (χ4n) is 2.20. The van der Waals surface area contributed by atoms with Gasteiger partial charge >= 0.3 is 6.09 Å². The highest BCUT2D eigenvalue weighted by Gasteiger charge is 2.23. The molecule has 0 atom stereocenters. The van der Waals surface area contributed by atoms with E-state index in [9.17, 15) is 4.79 Å². The monoisotopic (exact) mass is 511 g/mol. The van der Waals surface area contributed by atoms with Gasteiger partial charge in [0.25, 0.3) is 0 Å². The fraction of sp³-hybridized carbons (Fsp3) is 0.722. The zero-order valence-corrected chi connectivity index (χ0v) is 20.6. The van der Waals surface area contributed by atoms with Gasteiger partial charge in [0.05, 0.1) is 6.54 Å². The van der Waals surface area contributed by atoms with Crippen LogP contribution in [0.1, 0.15) is 50.9 Å². The molecule has 0 aliphatic heterocycles. The Balaban J connectivity index is 0.00000676. The summed E-state index contributed by atoms with van der Waals surface area (Å²) in [7, 11) is 1.74. The number of halogens is 1. The molecule has 9 heteroatoms. The Hall–Kier alpha value is -1.10. The topological polar surface area (TPSA) is 78.9 Å². The number of aliphatic imine (C=N–C) groups is 1. The molecule has 156 valence electrons. The van der Waals surface area contributed by atoms with Crippen molar-refractivity contribution in [2.75, 3.05) is 20.1 Å². The molecule has 1 rings (SSSR count). The standard InChI is InChI=1S/C18H33N5O2S.HI/c1-13(2)23(17(24)25-18(4,5)6)10-8-9-20-16(19-7)22-12-15-21-11-14(3)26-15;/h11,13H,8-10,12H2,1-7H3,(H2,19,20,22);1H. The van der Waals surface area contributed by atoms with Crippen molar-refractivity contribution in [2.24, 2.45) is 4.99 Å². The van der Waals surface area contributed by atoms with E-state index in [0.717, 1.165) is 17.4 Å². The van der Waals surface area contributed by atoms with Crippen molar-refractivity contribution in [3.05, 3.63) is 16.1 Å². The average molecular weight is 511 g/mol. The third kappa shape index (κ3) is 10.7. The highest BCUT2D eigenvalue weighted by atomic mass is 127. The number of guanidine groups is 1. The quantitative estimate of drug-likeness (QED) is 0.252. The molecule has 27 heavy (non-hydrogen) atoms. The van der Waals surface area contributed by atoms with Gasteiger partial charge in [-0.25, -0.2) is 9.78 Å². The van der Waals surface area contributed by atoms with Crippen LogP contribution in [0.4, 0.5) is 4.79 Å². The third-order valence-corrected chi connectivity index (χ3v) is 4.33. The second-order valence-corrected chi connectivity index (χ2v) is 8.66. The number of nitrogens with zero attached hydrogens (tertiary/aromatic N) is 3. The van der Waals surface area contributed by atoms with E-state index in [1.807, 2.05) is 47.7 Å². The first kappa shape index (κ1) is 25.9. The first-order chi connectivity index (χ1) is 12.1. The lowest BCUT2D eigenvalue weighted by atomic mass is 10.2. The first-order valence-electron chi connectivity index (χ1n) is 8.98. The molecule has 0 aliphatic rings. The highest BCUT2D eigenvalue weighted by Crippen LogP contribution is 2.12. The summed E-state index contributed by atoms with van der Waals surface area (Å²) in [6, 6.07) is 0.0930. The van der Waals surface area contributed by atoms with Crippen molar-refractivity contribution in [3.8, 4) is 0 Å². The molecule has 7 nitrogen and oxygen atoms in total. The van der Waals surface area contributed by atoms with Gasteiger partial charge in [-0.1, -0.05) is 0 Å². The van der Waals surface area contributed by atoms with Crippen molar-refractivity contribution < 1.29 is 9.53 Å². The number of rotatable bonds is 7. The number of hydrogen-bond acceptors (Lipinski definition) is 5. The van der Waals surface area contributed by atoms with E-state index in [2.05, 4.69) is 20.6 Å². The van der Waals surface area contributed by atoms with Gasteiger partial charge in [0.15, 0.2) is 5.96 Å². The number of nitrogens with one attached hydrogen (secondary N) is 2. The molecular formula is C18H34IN5O2S. The Morgan fingerprint density at radius 1 is 1.37 bits per heavy atom. The van der Waals surface area contributed by atoms with Crippen LogP contribution in [0, 0.1) is 6.92 Å². The molecule has 0 aliphatic carbocycles. The minimum atomic E-state index is -0.484. The van der Waals surface area contributed by atoms with Crippen LogP contribution < -0.4 is 10.6 Å². The van der Waals surface area contributed by atoms with Gasteiger partial charge < -0.3 is 20.3 Å². The van der Waals surface area contributed by atoms with Crippen LogP contribution in [0.5, 0.6) is 0 Å². The van der Waals surface area contributed by atoms with Crippen molar-refractivity contribution in [1.82, 2.24) is 20.5 Å². The summed E-state index contributed by atoms with van der Waals surface area (Å²) in [5.74, 6) is 0.728. The molecule has 0 saturated heterocycles. The number of amides is 1. The Labute approximate surface area is 184 Å². The number of carbonyl (C=O) groups excluding carboxylic acids is 1. The van der Waals surface area contributed by atoms with E-state index >= 15 is 0 Å². The lowest BCUT2D eigenvalue weighted by molar-refractivity contribution is 0.0190. The number of carbonyl (C=O) groups is 1. The smallest absolute Gasteiger partial charge is 0.410 e. The van der Waals surface area contributed by atoms with Gasteiger partial charge in [-0.15, -0.1) is 35.3 Å². The van der Waals surface area contributed by atoms with Crippen LogP contribution in [-0.2, 0) is 11.3 Å². The van der Waals surface area contributed by atoms with Crippen LogP contribution in [-0.4, -0.2) is 53.7 Å². The predicted octanol–water partition coefficient (Wildman–Crippen LogP) is 3.77. The van der Waals surface area contributed by atoms with E-state index in [4.69, 9.17) is 4.74 Å². The zero-order chi connectivity index (χ0) is 19.7. The molecule has 0 aromatic carbocycles. The number of hydrogen-bond donors (Lipinski definition) is 2. The van der Waals surface area contributed by atoms with Crippen LogP contribution in [0.2, 0.25) is 0 Å². The Bertz CT molecular complexity index is 599. The SMILES string of the molecule is CN=C(NCCCN(C(=O)OC(C)(C)C)C(C)C)NCc1ncc(C)s1.I. The van der Waals surface area contributed by atoms with Crippen molar-refractivity contribution in [1.29, 1.82) is 0 Å². The molecule has 0 fully saturated rings. The maximum absolute atomic E-state index is 12.3. The van der Waals surface area contributed by atoms with Gasteiger partial charge in [-0.05, 0) is 48.0 Å². The number of aryl methyl sites for hydroxylation is 1. The van der Waals surface area contributed by atoms with E-state index in [1.165, 1.54) is 4.88 Å². The largest absolute Gasteiger partial charge is 0.444 e. The average Bonchev–Trinajstić information content (AvgIpc) is 2.93. The van der Waals surface area contributed by atoms with E-state index in [0.29, 0.717) is 19.6 Å². The number of ether oxygens (including phenoxy) is 1. The summed E-state index contributed by atoms with van der Waals surface area (Å²) in [4.78, 5) is 23.8. The minimum absolute atomic E-state index is 0. The maximum atomic E-state index is 12.3. The molecule has 1 amide bonds. The van der Waals surface area contributed by atoms with E-state index in [-0.39, 0.29) is 36.1 Å². The van der Waals surface area contributed by atoms with E-state index < -0.39 is 5.60 Å². The minimum Gasteiger partial charge on any atom is -0.444 e. The van der Waals surface area contributed by atoms with Crippen LogP contribution in [0.3, 0.4) is 0 Å². The first-order valence-corrected chi connectivity index (χ1v) is 9.79. The highest BCUT2D eigenvalue weighted by molar-refractivity contribution is 14.0. The predicted molar refractivity (Wildman–Crippen MR) is 123 cm³/mol. The lowest BCUT2D eigenvalue weighted by Crippen LogP contribution is -2.43. The molecule has 1 heterocycles. The summed E-state index contributed by atoms with van der Waals surface area (Å²) < 4.78 is 5.47. The Morgan fingerprint density at radius 2 is 2.04 bits per heavy atom. The summed E-state index contributed by atoms with van der Waals surface area (Å²) >= 11 is 1.67. The van der Waals surface area contributed by atoms with Crippen molar-refractivity contribution in [3.63, 3.8) is 0 Å². The summed E-state index contributed by atoms with van der Waals surface area (Å²) in [5, 5.41) is 7.54. The van der Waals surface area contributed by atoms with Gasteiger partial charge in [0.1, 0.15) is 10.6 Å². The Kier molecular flexibility index (Phi) is 11.9. The normalized spacial score (nSPS) is 11.8. The van der Waals surface area contributed by atoms with Crippen LogP contribution >= 0.6 is 35.3 Å². The molecule has 0 radical (unpaired) electrons. The van der Waals surface area contributed by atoms with Gasteiger partial charge in [-0.2, -0.15) is 0 Å². The third-order valence-electron chi connectivity index (χ3n) is 3.42. The van der Waals surface area contributed by atoms with Gasteiger partial charge in [0, 0.05) is 37.3 Å². The summed E-state index contributed by atoms with van der Waals surface area (Å²) in [6.45, 7) is 13.7. The van der Waals surface area contributed by atoms with Crippen LogP contribution in [0.25, 0.3) is 0 Å². The summed E-state index contributed by atoms with van der Waals surface area (Å²) in [6.07, 6.45) is 2.40. The molecule has 0 saturated carbocycles. The second kappa shape index (κ2) is 12.4. The van der Waals surface area contributed by atoms with E-state index in [1.54, 1.807) is 23.3 Å². The molecule has 1 aromatic heterocycles. The molecule has 0 spiro atoms. The molecular weight excluding hydrogens is 477 g/mol. The number of thiazole rings is 1. The molecule has 1 aromatic rings.